The molecule has 4 heteroatoms. The van der Waals surface area contributed by atoms with Crippen LogP contribution in [0.3, 0.4) is 0 Å². The lowest BCUT2D eigenvalue weighted by atomic mass is 9.83. The van der Waals surface area contributed by atoms with Crippen molar-refractivity contribution in [2.24, 2.45) is 5.92 Å². The van der Waals surface area contributed by atoms with Gasteiger partial charge in [0.05, 0.1) is 0 Å². The molecule has 0 atom stereocenters. The molecule has 1 aromatic carbocycles. The molecule has 0 aliphatic carbocycles. The molecule has 1 aromatic rings. The summed E-state index contributed by atoms with van der Waals surface area (Å²) in [6.07, 6.45) is 1.92. The minimum atomic E-state index is -0.764. The summed E-state index contributed by atoms with van der Waals surface area (Å²) >= 11 is 0. The van der Waals surface area contributed by atoms with Crippen molar-refractivity contribution in [3.63, 3.8) is 0 Å². The van der Waals surface area contributed by atoms with Crippen molar-refractivity contribution in [3.05, 3.63) is 35.9 Å². The van der Waals surface area contributed by atoms with Gasteiger partial charge in [0, 0.05) is 11.5 Å². The number of nitrogens with one attached hydrogen (secondary N) is 1. The van der Waals surface area contributed by atoms with Gasteiger partial charge in [0.25, 0.3) is 5.78 Å². The van der Waals surface area contributed by atoms with Gasteiger partial charge >= 0.3 is 5.97 Å². The Kier molecular flexibility index (Phi) is 4.55. The Bertz CT molecular complexity index is 476. The van der Waals surface area contributed by atoms with Gasteiger partial charge in [-0.15, -0.1) is 0 Å². The van der Waals surface area contributed by atoms with Gasteiger partial charge in [-0.3, -0.25) is 4.79 Å². The van der Waals surface area contributed by atoms with E-state index in [2.05, 4.69) is 5.32 Å². The second kappa shape index (κ2) is 6.18. The van der Waals surface area contributed by atoms with Crippen LogP contribution >= 0.6 is 0 Å². The number of esters is 1. The van der Waals surface area contributed by atoms with Crippen molar-refractivity contribution in [1.29, 1.82) is 0 Å². The molecule has 1 aliphatic heterocycles. The van der Waals surface area contributed by atoms with Crippen LogP contribution < -0.4 is 5.32 Å². The largest absolute Gasteiger partial charge is 0.453 e. The number of ketones is 1. The number of hydrogen-bond donors (Lipinski definition) is 1. The maximum Gasteiger partial charge on any atom is 0.380 e. The summed E-state index contributed by atoms with van der Waals surface area (Å²) in [6.45, 7) is 5.63. The van der Waals surface area contributed by atoms with Crippen LogP contribution in [-0.2, 0) is 9.53 Å². The molecule has 20 heavy (non-hydrogen) atoms. The zero-order valence-electron chi connectivity index (χ0n) is 12.0. The van der Waals surface area contributed by atoms with E-state index in [1.807, 2.05) is 13.8 Å². The summed E-state index contributed by atoms with van der Waals surface area (Å²) in [5, 5.41) is 3.28. The number of ether oxygens (including phenoxy) is 1. The first-order chi connectivity index (χ1) is 9.50. The predicted molar refractivity (Wildman–Crippen MR) is 76.5 cm³/mol. The second-order valence-corrected chi connectivity index (χ2v) is 5.71. The molecule has 1 N–H and O–H groups in total. The molecule has 2 rings (SSSR count). The Morgan fingerprint density at radius 2 is 1.75 bits per heavy atom. The first-order valence-corrected chi connectivity index (χ1v) is 7.04. The van der Waals surface area contributed by atoms with Crippen molar-refractivity contribution in [3.8, 4) is 0 Å². The maximum absolute atomic E-state index is 12.0. The average Bonchev–Trinajstić information content (AvgIpc) is 2.48. The van der Waals surface area contributed by atoms with Gasteiger partial charge in [0.15, 0.2) is 0 Å². The second-order valence-electron chi connectivity index (χ2n) is 5.71. The summed E-state index contributed by atoms with van der Waals surface area (Å²) in [6, 6.07) is 8.53. The fourth-order valence-electron chi connectivity index (χ4n) is 2.59. The van der Waals surface area contributed by atoms with Gasteiger partial charge < -0.3 is 10.1 Å². The lowest BCUT2D eigenvalue weighted by Gasteiger charge is -2.36. The summed E-state index contributed by atoms with van der Waals surface area (Å²) in [7, 11) is 0. The summed E-state index contributed by atoms with van der Waals surface area (Å²) in [4.78, 5) is 24.0. The third kappa shape index (κ3) is 3.45. The molecular weight excluding hydrogens is 254 g/mol. The lowest BCUT2D eigenvalue weighted by Crippen LogP contribution is -2.43. The molecule has 0 saturated carbocycles. The van der Waals surface area contributed by atoms with Crippen LogP contribution in [0.4, 0.5) is 0 Å². The lowest BCUT2D eigenvalue weighted by molar-refractivity contribution is -0.156. The number of benzene rings is 1. The molecule has 0 spiro atoms. The summed E-state index contributed by atoms with van der Waals surface area (Å²) in [5.41, 5.74) is -0.234. The number of carbonyl (C=O) groups is 2. The van der Waals surface area contributed by atoms with Crippen molar-refractivity contribution < 1.29 is 14.3 Å². The molecule has 1 aliphatic rings. The van der Waals surface area contributed by atoms with E-state index < -0.39 is 17.4 Å². The molecule has 0 bridgehead atoms. The van der Waals surface area contributed by atoms with E-state index >= 15 is 0 Å². The van der Waals surface area contributed by atoms with Gasteiger partial charge in [0.2, 0.25) is 0 Å². The Morgan fingerprint density at radius 1 is 1.15 bits per heavy atom. The van der Waals surface area contributed by atoms with E-state index in [1.165, 1.54) is 0 Å². The third-order valence-electron chi connectivity index (χ3n) is 3.90. The average molecular weight is 275 g/mol. The zero-order chi connectivity index (χ0) is 14.6. The van der Waals surface area contributed by atoms with E-state index in [0.29, 0.717) is 5.56 Å². The highest BCUT2D eigenvalue weighted by Crippen LogP contribution is 2.29. The van der Waals surface area contributed by atoms with E-state index in [4.69, 9.17) is 4.74 Å². The Morgan fingerprint density at radius 3 is 2.35 bits per heavy atom. The normalized spacial score (nSPS) is 16.7. The smallest absolute Gasteiger partial charge is 0.380 e. The molecule has 1 heterocycles. The van der Waals surface area contributed by atoms with Crippen LogP contribution in [0.1, 0.15) is 37.0 Å². The molecule has 0 amide bonds. The first kappa shape index (κ1) is 14.7. The van der Waals surface area contributed by atoms with Gasteiger partial charge in [-0.25, -0.2) is 4.79 Å². The molecule has 4 nitrogen and oxygen atoms in total. The van der Waals surface area contributed by atoms with E-state index in [9.17, 15) is 9.59 Å². The standard InChI is InChI=1S/C16H21NO3/c1-16(2,13-8-10-17-11-9-13)20-15(19)14(18)12-6-4-3-5-7-12/h3-7,13,17H,8-11H2,1-2H3. The van der Waals surface area contributed by atoms with Crippen LogP contribution in [-0.4, -0.2) is 30.4 Å². The van der Waals surface area contributed by atoms with Crippen molar-refractivity contribution >= 4 is 11.8 Å². The fourth-order valence-corrected chi connectivity index (χ4v) is 2.59. The number of rotatable bonds is 4. The van der Waals surface area contributed by atoms with E-state index in [1.54, 1.807) is 30.3 Å². The summed E-state index contributed by atoms with van der Waals surface area (Å²) < 4.78 is 5.48. The number of piperidine rings is 1. The van der Waals surface area contributed by atoms with Gasteiger partial charge in [-0.05, 0) is 39.8 Å². The van der Waals surface area contributed by atoms with Crippen molar-refractivity contribution in [2.45, 2.75) is 32.3 Å². The van der Waals surface area contributed by atoms with Crippen molar-refractivity contribution in [2.75, 3.05) is 13.1 Å². The fraction of sp³-hybridized carbons (Fsp3) is 0.500. The summed E-state index contributed by atoms with van der Waals surface area (Å²) in [5.74, 6) is -1.05. The van der Waals surface area contributed by atoms with E-state index in [-0.39, 0.29) is 5.92 Å². The first-order valence-electron chi connectivity index (χ1n) is 7.04. The number of hydrogen-bond acceptors (Lipinski definition) is 4. The zero-order valence-corrected chi connectivity index (χ0v) is 12.0. The number of Topliss-reactive ketones (excluding diaryl/α,β-unsaturated/α-hetero) is 1. The molecule has 1 saturated heterocycles. The van der Waals surface area contributed by atoms with Crippen molar-refractivity contribution in [1.82, 2.24) is 5.32 Å². The highest BCUT2D eigenvalue weighted by molar-refractivity contribution is 6.40. The predicted octanol–water partition coefficient (Wildman–Crippen LogP) is 2.19. The maximum atomic E-state index is 12.0. The SMILES string of the molecule is CC(C)(OC(=O)C(=O)c1ccccc1)C1CCNCC1. The van der Waals surface area contributed by atoms with E-state index in [0.717, 1.165) is 25.9 Å². The quantitative estimate of drug-likeness (QED) is 0.520. The minimum Gasteiger partial charge on any atom is -0.453 e. The third-order valence-corrected chi connectivity index (χ3v) is 3.90. The topological polar surface area (TPSA) is 55.4 Å². The molecule has 0 aromatic heterocycles. The Hall–Kier alpha value is -1.68. The van der Waals surface area contributed by atoms with Crippen LogP contribution in [0.25, 0.3) is 0 Å². The monoisotopic (exact) mass is 275 g/mol. The Balaban J connectivity index is 2.01. The van der Waals surface area contributed by atoms with Gasteiger partial charge in [0.1, 0.15) is 5.60 Å². The molecular formula is C16H21NO3. The van der Waals surface area contributed by atoms with Gasteiger partial charge in [-0.2, -0.15) is 0 Å². The highest BCUT2D eigenvalue weighted by atomic mass is 16.6. The van der Waals surface area contributed by atoms with Gasteiger partial charge in [-0.1, -0.05) is 30.3 Å². The molecule has 108 valence electrons. The number of carbonyl (C=O) groups excluding carboxylic acids is 2. The highest BCUT2D eigenvalue weighted by Gasteiger charge is 2.35. The minimum absolute atomic E-state index is 0.288. The van der Waals surface area contributed by atoms with Crippen LogP contribution in [0.5, 0.6) is 0 Å². The van der Waals surface area contributed by atoms with Crippen LogP contribution in [0.15, 0.2) is 30.3 Å². The Labute approximate surface area is 119 Å². The molecule has 1 fully saturated rings. The van der Waals surface area contributed by atoms with Crippen LogP contribution in [0.2, 0.25) is 0 Å². The molecule has 0 radical (unpaired) electrons. The van der Waals surface area contributed by atoms with Crippen LogP contribution in [0, 0.1) is 5.92 Å². The molecule has 0 unspecified atom stereocenters.